The number of carbonyl (C=O) groups is 1. The van der Waals surface area contributed by atoms with Gasteiger partial charge in [0, 0.05) is 12.6 Å². The number of ether oxygens (including phenoxy) is 1. The molecular weight excluding hydrogens is 284 g/mol. The minimum Gasteiger partial charge on any atom is -0.497 e. The molecule has 0 radical (unpaired) electrons. The highest BCUT2D eigenvalue weighted by Crippen LogP contribution is 2.24. The standard InChI is InChI=1S/C16H20N2O4/c1-10(9-19)18(3)16(20)14-11(2)22-15(17-14)12-5-7-13(21-4)8-6-12/h5-8,10,19H,9H2,1-4H3. The van der Waals surface area contributed by atoms with Crippen molar-refractivity contribution >= 4 is 5.91 Å². The van der Waals surface area contributed by atoms with Crippen molar-refractivity contribution in [2.45, 2.75) is 19.9 Å². The van der Waals surface area contributed by atoms with Gasteiger partial charge in [0.05, 0.1) is 19.8 Å². The molecule has 6 heteroatoms. The average molecular weight is 304 g/mol. The minimum absolute atomic E-state index is 0.107. The number of rotatable bonds is 5. The van der Waals surface area contributed by atoms with Crippen molar-refractivity contribution in [1.82, 2.24) is 9.88 Å². The van der Waals surface area contributed by atoms with E-state index in [0.717, 1.165) is 11.3 Å². The van der Waals surface area contributed by atoms with Crippen LogP contribution in [0.15, 0.2) is 28.7 Å². The molecule has 0 aliphatic carbocycles. The van der Waals surface area contributed by atoms with E-state index < -0.39 is 0 Å². The van der Waals surface area contributed by atoms with Crippen LogP contribution in [0.5, 0.6) is 5.75 Å². The first-order valence-corrected chi connectivity index (χ1v) is 6.97. The van der Waals surface area contributed by atoms with E-state index in [-0.39, 0.29) is 24.2 Å². The lowest BCUT2D eigenvalue weighted by atomic mass is 10.2. The number of aryl methyl sites for hydroxylation is 1. The van der Waals surface area contributed by atoms with Gasteiger partial charge in [-0.2, -0.15) is 0 Å². The van der Waals surface area contributed by atoms with Gasteiger partial charge < -0.3 is 19.2 Å². The van der Waals surface area contributed by atoms with Crippen LogP contribution in [-0.4, -0.2) is 47.7 Å². The molecule has 118 valence electrons. The fourth-order valence-corrected chi connectivity index (χ4v) is 1.94. The van der Waals surface area contributed by atoms with Gasteiger partial charge in [0.15, 0.2) is 5.69 Å². The zero-order chi connectivity index (χ0) is 16.3. The molecule has 1 unspecified atom stereocenters. The van der Waals surface area contributed by atoms with Crippen LogP contribution in [0.25, 0.3) is 11.5 Å². The third-order valence-corrected chi connectivity index (χ3v) is 3.58. The Labute approximate surface area is 129 Å². The van der Waals surface area contributed by atoms with Gasteiger partial charge in [-0.05, 0) is 38.1 Å². The van der Waals surface area contributed by atoms with E-state index in [1.165, 1.54) is 4.90 Å². The highest BCUT2D eigenvalue weighted by atomic mass is 16.5. The van der Waals surface area contributed by atoms with Crippen molar-refractivity contribution in [3.63, 3.8) is 0 Å². The van der Waals surface area contributed by atoms with E-state index in [2.05, 4.69) is 4.98 Å². The average Bonchev–Trinajstić information content (AvgIpc) is 2.94. The minimum atomic E-state index is -0.284. The first-order chi connectivity index (χ1) is 10.5. The second-order valence-corrected chi connectivity index (χ2v) is 5.10. The Kier molecular flexibility index (Phi) is 4.82. The molecule has 2 rings (SSSR count). The van der Waals surface area contributed by atoms with Gasteiger partial charge in [-0.1, -0.05) is 0 Å². The maximum absolute atomic E-state index is 12.4. The number of aromatic nitrogens is 1. The van der Waals surface area contributed by atoms with Crippen LogP contribution in [0.4, 0.5) is 0 Å². The van der Waals surface area contributed by atoms with Crippen molar-refractivity contribution in [1.29, 1.82) is 0 Å². The molecule has 1 heterocycles. The van der Waals surface area contributed by atoms with Gasteiger partial charge in [0.2, 0.25) is 5.89 Å². The third-order valence-electron chi connectivity index (χ3n) is 3.58. The topological polar surface area (TPSA) is 75.8 Å². The van der Waals surface area contributed by atoms with E-state index in [1.807, 2.05) is 12.1 Å². The molecule has 1 aromatic heterocycles. The Balaban J connectivity index is 2.29. The van der Waals surface area contributed by atoms with E-state index in [9.17, 15) is 4.79 Å². The summed E-state index contributed by atoms with van der Waals surface area (Å²) in [4.78, 5) is 18.1. The predicted molar refractivity (Wildman–Crippen MR) is 81.9 cm³/mol. The van der Waals surface area contributed by atoms with Gasteiger partial charge in [0.25, 0.3) is 5.91 Å². The van der Waals surface area contributed by atoms with E-state index in [1.54, 1.807) is 40.1 Å². The maximum atomic E-state index is 12.4. The van der Waals surface area contributed by atoms with E-state index >= 15 is 0 Å². The summed E-state index contributed by atoms with van der Waals surface area (Å²) >= 11 is 0. The second kappa shape index (κ2) is 6.62. The van der Waals surface area contributed by atoms with Crippen molar-refractivity contribution < 1.29 is 19.1 Å². The zero-order valence-corrected chi connectivity index (χ0v) is 13.2. The van der Waals surface area contributed by atoms with Gasteiger partial charge in [-0.15, -0.1) is 0 Å². The van der Waals surface area contributed by atoms with Crippen molar-refractivity contribution in [2.75, 3.05) is 20.8 Å². The van der Waals surface area contributed by atoms with Crippen LogP contribution in [0.3, 0.4) is 0 Å². The lowest BCUT2D eigenvalue weighted by Gasteiger charge is -2.22. The van der Waals surface area contributed by atoms with Crippen LogP contribution >= 0.6 is 0 Å². The van der Waals surface area contributed by atoms with Crippen molar-refractivity contribution in [3.8, 4) is 17.2 Å². The third kappa shape index (κ3) is 3.12. The van der Waals surface area contributed by atoms with Crippen LogP contribution in [-0.2, 0) is 0 Å². The Bertz CT molecular complexity index is 649. The summed E-state index contributed by atoms with van der Waals surface area (Å²) in [5.41, 5.74) is 1.02. The molecule has 0 saturated heterocycles. The summed E-state index contributed by atoms with van der Waals surface area (Å²) in [5, 5.41) is 9.15. The van der Waals surface area contributed by atoms with Crippen LogP contribution in [0, 0.1) is 6.92 Å². The summed E-state index contributed by atoms with van der Waals surface area (Å²) < 4.78 is 10.7. The lowest BCUT2D eigenvalue weighted by molar-refractivity contribution is 0.0675. The fourth-order valence-electron chi connectivity index (χ4n) is 1.94. The number of methoxy groups -OCH3 is 1. The SMILES string of the molecule is COc1ccc(-c2nc(C(=O)N(C)C(C)CO)c(C)o2)cc1. The zero-order valence-electron chi connectivity index (χ0n) is 13.2. The number of likely N-dealkylation sites (N-methyl/N-ethyl adjacent to an activating group) is 1. The number of amides is 1. The molecule has 0 aliphatic heterocycles. The molecule has 0 bridgehead atoms. The van der Waals surface area contributed by atoms with Crippen molar-refractivity contribution in [2.24, 2.45) is 0 Å². The van der Waals surface area contributed by atoms with Gasteiger partial charge in [-0.25, -0.2) is 4.98 Å². The summed E-state index contributed by atoms with van der Waals surface area (Å²) in [5.74, 6) is 1.30. The molecule has 0 aliphatic rings. The molecule has 0 spiro atoms. The quantitative estimate of drug-likeness (QED) is 0.915. The number of carbonyl (C=O) groups excluding carboxylic acids is 1. The first kappa shape index (κ1) is 16.0. The summed E-state index contributed by atoms with van der Waals surface area (Å²) in [6, 6.07) is 6.96. The molecule has 0 fully saturated rings. The highest BCUT2D eigenvalue weighted by molar-refractivity contribution is 5.93. The number of benzene rings is 1. The van der Waals surface area contributed by atoms with Crippen molar-refractivity contribution in [3.05, 3.63) is 35.7 Å². The Morgan fingerprint density at radius 2 is 2.05 bits per heavy atom. The molecule has 2 aromatic rings. The lowest BCUT2D eigenvalue weighted by Crippen LogP contribution is -2.37. The Morgan fingerprint density at radius 3 is 2.59 bits per heavy atom. The normalized spacial score (nSPS) is 12.0. The molecule has 1 amide bonds. The number of aliphatic hydroxyl groups excluding tert-OH is 1. The summed E-state index contributed by atoms with van der Waals surface area (Å²) in [6.45, 7) is 3.35. The Hall–Kier alpha value is -2.34. The monoisotopic (exact) mass is 304 g/mol. The number of nitrogens with zero attached hydrogens (tertiary/aromatic N) is 2. The van der Waals surface area contributed by atoms with Gasteiger partial charge in [-0.3, -0.25) is 4.79 Å². The Morgan fingerprint density at radius 1 is 1.41 bits per heavy atom. The number of aliphatic hydroxyl groups is 1. The smallest absolute Gasteiger partial charge is 0.276 e. The molecule has 0 saturated carbocycles. The van der Waals surface area contributed by atoms with Crippen LogP contribution < -0.4 is 4.74 Å². The van der Waals surface area contributed by atoms with Crippen LogP contribution in [0.2, 0.25) is 0 Å². The fraction of sp³-hybridized carbons (Fsp3) is 0.375. The molecule has 6 nitrogen and oxygen atoms in total. The molecule has 22 heavy (non-hydrogen) atoms. The molecular formula is C16H20N2O4. The number of hydrogen-bond acceptors (Lipinski definition) is 5. The summed E-state index contributed by atoms with van der Waals surface area (Å²) in [7, 11) is 3.23. The first-order valence-electron chi connectivity index (χ1n) is 6.97. The van der Waals surface area contributed by atoms with Crippen LogP contribution in [0.1, 0.15) is 23.2 Å². The number of hydrogen-bond donors (Lipinski definition) is 1. The molecule has 1 atom stereocenters. The largest absolute Gasteiger partial charge is 0.497 e. The summed E-state index contributed by atoms with van der Waals surface area (Å²) in [6.07, 6.45) is 0. The van der Waals surface area contributed by atoms with Gasteiger partial charge >= 0.3 is 0 Å². The molecule has 1 N–H and O–H groups in total. The van der Waals surface area contributed by atoms with E-state index in [4.69, 9.17) is 14.3 Å². The highest BCUT2D eigenvalue weighted by Gasteiger charge is 2.23. The van der Waals surface area contributed by atoms with Gasteiger partial charge in [0.1, 0.15) is 11.5 Å². The predicted octanol–water partition coefficient (Wildman–Crippen LogP) is 2.11. The van der Waals surface area contributed by atoms with E-state index in [0.29, 0.717) is 11.7 Å². The number of oxazole rings is 1. The second-order valence-electron chi connectivity index (χ2n) is 5.10. The molecule has 1 aromatic carbocycles. The maximum Gasteiger partial charge on any atom is 0.276 e.